The Labute approximate surface area is 189 Å². The van der Waals surface area contributed by atoms with Crippen molar-refractivity contribution in [1.29, 1.82) is 0 Å². The van der Waals surface area contributed by atoms with Crippen molar-refractivity contribution in [2.45, 2.75) is 13.2 Å². The van der Waals surface area contributed by atoms with Crippen molar-refractivity contribution in [3.05, 3.63) is 107 Å². The highest BCUT2D eigenvalue weighted by Crippen LogP contribution is 2.31. The number of halogens is 3. The zero-order valence-electron chi connectivity index (χ0n) is 17.8. The van der Waals surface area contributed by atoms with E-state index >= 15 is 0 Å². The van der Waals surface area contributed by atoms with Crippen molar-refractivity contribution in [2.75, 3.05) is 7.11 Å². The summed E-state index contributed by atoms with van der Waals surface area (Å²) in [7, 11) is 1.41. The van der Waals surface area contributed by atoms with E-state index in [0.29, 0.717) is 16.7 Å². The first-order chi connectivity index (χ1) is 16.0. The molecule has 0 saturated heterocycles. The normalized spacial score (nSPS) is 10.8. The fourth-order valence-electron chi connectivity index (χ4n) is 3.46. The Morgan fingerprint density at radius 2 is 1.27 bits per heavy atom. The molecule has 33 heavy (non-hydrogen) atoms. The van der Waals surface area contributed by atoms with Crippen molar-refractivity contribution in [3.63, 3.8) is 0 Å². The standard InChI is InChI=1S/C27H21F3O3/c1-32-24-12-10-21(14-23(24)28)19-6-4-18(5-7-19)16-33-25-13-11-22(26(29)27(25)30)20-8-2-17(15-31)3-9-20/h2-14,31H,15-16H2,1H3. The average Bonchev–Trinajstić information content (AvgIpc) is 2.85. The molecule has 4 aromatic rings. The van der Waals surface area contributed by atoms with Crippen molar-refractivity contribution >= 4 is 0 Å². The maximum atomic E-state index is 14.6. The summed E-state index contributed by atoms with van der Waals surface area (Å²) in [5.74, 6) is -2.53. The van der Waals surface area contributed by atoms with E-state index in [2.05, 4.69) is 0 Å². The number of rotatable bonds is 7. The van der Waals surface area contributed by atoms with Crippen LogP contribution in [0.4, 0.5) is 13.2 Å². The van der Waals surface area contributed by atoms with Gasteiger partial charge in [0.05, 0.1) is 13.7 Å². The van der Waals surface area contributed by atoms with E-state index in [1.54, 1.807) is 60.7 Å². The Kier molecular flexibility index (Phi) is 6.66. The van der Waals surface area contributed by atoms with E-state index in [-0.39, 0.29) is 30.3 Å². The summed E-state index contributed by atoms with van der Waals surface area (Å²) < 4.78 is 53.6. The lowest BCUT2D eigenvalue weighted by Gasteiger charge is -2.11. The molecular formula is C27H21F3O3. The van der Waals surface area contributed by atoms with Gasteiger partial charge in [0.2, 0.25) is 5.82 Å². The number of methoxy groups -OCH3 is 1. The number of aliphatic hydroxyl groups excluding tert-OH is 1. The molecule has 0 aliphatic carbocycles. The lowest BCUT2D eigenvalue weighted by atomic mass is 10.0. The topological polar surface area (TPSA) is 38.7 Å². The molecule has 168 valence electrons. The molecule has 0 saturated carbocycles. The maximum absolute atomic E-state index is 14.6. The molecule has 0 spiro atoms. The highest BCUT2D eigenvalue weighted by Gasteiger charge is 2.16. The van der Waals surface area contributed by atoms with E-state index in [4.69, 9.17) is 14.6 Å². The quantitative estimate of drug-likeness (QED) is 0.349. The molecule has 1 N–H and O–H groups in total. The lowest BCUT2D eigenvalue weighted by molar-refractivity contribution is 0.282. The van der Waals surface area contributed by atoms with E-state index in [1.165, 1.54) is 25.3 Å². The maximum Gasteiger partial charge on any atom is 0.201 e. The molecule has 6 heteroatoms. The molecular weight excluding hydrogens is 429 g/mol. The third kappa shape index (κ3) is 4.86. The minimum Gasteiger partial charge on any atom is -0.494 e. The summed E-state index contributed by atoms with van der Waals surface area (Å²) in [6.07, 6.45) is 0. The number of benzene rings is 4. The second-order valence-corrected chi connectivity index (χ2v) is 7.43. The largest absolute Gasteiger partial charge is 0.494 e. The molecule has 0 aliphatic heterocycles. The monoisotopic (exact) mass is 450 g/mol. The molecule has 0 heterocycles. The van der Waals surface area contributed by atoms with E-state index in [0.717, 1.165) is 11.1 Å². The molecule has 0 unspecified atom stereocenters. The summed E-state index contributed by atoms with van der Waals surface area (Å²) in [6.45, 7) is -0.0833. The van der Waals surface area contributed by atoms with Gasteiger partial charge in [-0.1, -0.05) is 54.6 Å². The smallest absolute Gasteiger partial charge is 0.201 e. The highest BCUT2D eigenvalue weighted by molar-refractivity contribution is 5.66. The Balaban J connectivity index is 1.46. The fraction of sp³-hybridized carbons (Fsp3) is 0.111. The van der Waals surface area contributed by atoms with Crippen LogP contribution in [0.15, 0.2) is 78.9 Å². The molecule has 0 fully saturated rings. The second kappa shape index (κ2) is 9.79. The van der Waals surface area contributed by atoms with Crippen molar-refractivity contribution in [1.82, 2.24) is 0 Å². The minimum atomic E-state index is -1.07. The first kappa shape index (κ1) is 22.4. The van der Waals surface area contributed by atoms with Gasteiger partial charge in [-0.15, -0.1) is 0 Å². The molecule has 0 radical (unpaired) electrons. The van der Waals surface area contributed by atoms with E-state index < -0.39 is 17.5 Å². The summed E-state index contributed by atoms with van der Waals surface area (Å²) in [5, 5.41) is 9.12. The number of hydrogen-bond donors (Lipinski definition) is 1. The summed E-state index contributed by atoms with van der Waals surface area (Å²) >= 11 is 0. The number of aliphatic hydroxyl groups is 1. The first-order valence-corrected chi connectivity index (χ1v) is 10.2. The molecule has 0 aliphatic rings. The van der Waals surface area contributed by atoms with Crippen LogP contribution in [0.3, 0.4) is 0 Å². The Morgan fingerprint density at radius 1 is 0.667 bits per heavy atom. The van der Waals surface area contributed by atoms with Crippen molar-refractivity contribution in [2.24, 2.45) is 0 Å². The van der Waals surface area contributed by atoms with Gasteiger partial charge in [0, 0.05) is 5.56 Å². The van der Waals surface area contributed by atoms with Gasteiger partial charge in [0.15, 0.2) is 23.1 Å². The van der Waals surface area contributed by atoms with Crippen LogP contribution in [0.25, 0.3) is 22.3 Å². The average molecular weight is 450 g/mol. The van der Waals surface area contributed by atoms with Crippen LogP contribution in [-0.4, -0.2) is 12.2 Å². The predicted octanol–water partition coefficient (Wildman–Crippen LogP) is 6.52. The van der Waals surface area contributed by atoms with Crippen LogP contribution >= 0.6 is 0 Å². The molecule has 0 bridgehead atoms. The van der Waals surface area contributed by atoms with Crippen LogP contribution in [0, 0.1) is 17.5 Å². The molecule has 0 atom stereocenters. The molecule has 0 aromatic heterocycles. The third-order valence-corrected chi connectivity index (χ3v) is 5.33. The van der Waals surface area contributed by atoms with Crippen LogP contribution < -0.4 is 9.47 Å². The predicted molar refractivity (Wildman–Crippen MR) is 120 cm³/mol. The van der Waals surface area contributed by atoms with Gasteiger partial charge in [-0.25, -0.2) is 8.78 Å². The number of ether oxygens (including phenoxy) is 2. The van der Waals surface area contributed by atoms with Gasteiger partial charge in [0.25, 0.3) is 0 Å². The van der Waals surface area contributed by atoms with E-state index in [9.17, 15) is 13.2 Å². The van der Waals surface area contributed by atoms with Crippen molar-refractivity contribution in [3.8, 4) is 33.8 Å². The van der Waals surface area contributed by atoms with Crippen LogP contribution in [0.1, 0.15) is 11.1 Å². The van der Waals surface area contributed by atoms with Gasteiger partial charge in [-0.3, -0.25) is 0 Å². The molecule has 4 aromatic carbocycles. The third-order valence-electron chi connectivity index (χ3n) is 5.33. The summed E-state index contributed by atoms with van der Waals surface area (Å²) in [5.41, 5.74) is 3.53. The Bertz CT molecular complexity index is 1250. The zero-order chi connectivity index (χ0) is 23.4. The zero-order valence-corrected chi connectivity index (χ0v) is 17.8. The van der Waals surface area contributed by atoms with Gasteiger partial charge in [-0.05, 0) is 52.1 Å². The van der Waals surface area contributed by atoms with Gasteiger partial charge >= 0.3 is 0 Å². The number of hydrogen-bond acceptors (Lipinski definition) is 3. The van der Waals surface area contributed by atoms with E-state index in [1.807, 2.05) is 0 Å². The fourth-order valence-corrected chi connectivity index (χ4v) is 3.46. The first-order valence-electron chi connectivity index (χ1n) is 10.2. The molecule has 3 nitrogen and oxygen atoms in total. The van der Waals surface area contributed by atoms with Gasteiger partial charge in [-0.2, -0.15) is 4.39 Å². The summed E-state index contributed by atoms with van der Waals surface area (Å²) in [4.78, 5) is 0. The Morgan fingerprint density at radius 3 is 1.91 bits per heavy atom. The minimum absolute atomic E-state index is 0.0398. The summed E-state index contributed by atoms with van der Waals surface area (Å²) in [6, 6.07) is 21.3. The highest BCUT2D eigenvalue weighted by atomic mass is 19.2. The van der Waals surface area contributed by atoms with Crippen LogP contribution in [0.5, 0.6) is 11.5 Å². The lowest BCUT2D eigenvalue weighted by Crippen LogP contribution is -2.00. The van der Waals surface area contributed by atoms with Gasteiger partial charge < -0.3 is 14.6 Å². The second-order valence-electron chi connectivity index (χ2n) is 7.43. The van der Waals surface area contributed by atoms with Gasteiger partial charge in [0.1, 0.15) is 6.61 Å². The van der Waals surface area contributed by atoms with Crippen molar-refractivity contribution < 1.29 is 27.8 Å². The Hall–Kier alpha value is -3.77. The van der Waals surface area contributed by atoms with Crippen LogP contribution in [-0.2, 0) is 13.2 Å². The molecule has 0 amide bonds. The van der Waals surface area contributed by atoms with Crippen LogP contribution in [0.2, 0.25) is 0 Å². The molecule has 4 rings (SSSR count). The SMILES string of the molecule is COc1ccc(-c2ccc(COc3ccc(-c4ccc(CO)cc4)c(F)c3F)cc2)cc1F.